The van der Waals surface area contributed by atoms with Crippen LogP contribution in [-0.4, -0.2) is 52.8 Å². The molecule has 1 unspecified atom stereocenters. The summed E-state index contributed by atoms with van der Waals surface area (Å²) in [6.07, 6.45) is 6.44. The number of aliphatic carboxylic acids is 1. The Bertz CT molecular complexity index is 1240. The van der Waals surface area contributed by atoms with E-state index in [9.17, 15) is 15.0 Å². The summed E-state index contributed by atoms with van der Waals surface area (Å²) in [7, 11) is 1.62. The highest BCUT2D eigenvalue weighted by molar-refractivity contribution is 6.42. The van der Waals surface area contributed by atoms with Crippen molar-refractivity contribution in [3.8, 4) is 5.75 Å². The topological polar surface area (TPSA) is 82.9 Å². The van der Waals surface area contributed by atoms with Gasteiger partial charge in [0.25, 0.3) is 0 Å². The van der Waals surface area contributed by atoms with Gasteiger partial charge in [-0.05, 0) is 105 Å². The van der Waals surface area contributed by atoms with E-state index in [0.29, 0.717) is 16.5 Å². The number of halogens is 2. The highest BCUT2D eigenvalue weighted by Crippen LogP contribution is 2.35. The van der Waals surface area contributed by atoms with Crippen LogP contribution in [0.3, 0.4) is 0 Å². The largest absolute Gasteiger partial charge is 0.497 e. The number of rotatable bonds is 12. The molecule has 1 fully saturated rings. The van der Waals surface area contributed by atoms with Crippen LogP contribution in [0.4, 0.5) is 0 Å². The number of aryl methyl sites for hydroxylation is 1. The van der Waals surface area contributed by atoms with Gasteiger partial charge in [0.05, 0.1) is 28.8 Å². The molecule has 0 radical (unpaired) electrons. The first-order valence-corrected chi connectivity index (χ1v) is 14.1. The summed E-state index contributed by atoms with van der Waals surface area (Å²) >= 11 is 12.4. The summed E-state index contributed by atoms with van der Waals surface area (Å²) in [6, 6.07) is 13.3. The Balaban J connectivity index is 1.31. The number of benzene rings is 2. The van der Waals surface area contributed by atoms with Gasteiger partial charge < -0.3 is 19.8 Å². The first-order valence-electron chi connectivity index (χ1n) is 13.3. The smallest absolute Gasteiger partial charge is 0.303 e. The highest BCUT2D eigenvalue weighted by Gasteiger charge is 2.31. The SMILES string of the molecule is COc1ccc2nccc(C(O)CC[C@@H]3CCN(CCCCc4cccc(Cl)c4Cl)C[C@@H]3CC(=O)O)c2c1. The number of nitrogens with zero attached hydrogens (tertiary/aromatic N) is 2. The van der Waals surface area contributed by atoms with E-state index >= 15 is 0 Å². The number of carboxylic acids is 1. The fourth-order valence-corrected chi connectivity index (χ4v) is 6.09. The third-order valence-electron chi connectivity index (χ3n) is 7.77. The molecule has 6 nitrogen and oxygen atoms in total. The van der Waals surface area contributed by atoms with Crippen LogP contribution in [0.5, 0.6) is 5.75 Å². The van der Waals surface area contributed by atoms with Crippen molar-refractivity contribution in [1.82, 2.24) is 9.88 Å². The number of fused-ring (bicyclic) bond motifs is 1. The molecule has 3 atom stereocenters. The molecule has 204 valence electrons. The number of carboxylic acid groups (broad SMARTS) is 1. The summed E-state index contributed by atoms with van der Waals surface area (Å²) in [4.78, 5) is 18.5. The number of likely N-dealkylation sites (tertiary alicyclic amines) is 1. The summed E-state index contributed by atoms with van der Waals surface area (Å²) in [5, 5.41) is 22.8. The number of aliphatic hydroxyl groups is 1. The fourth-order valence-electron chi connectivity index (χ4n) is 5.68. The second kappa shape index (κ2) is 13.6. The predicted molar refractivity (Wildman–Crippen MR) is 152 cm³/mol. The molecule has 0 amide bonds. The van der Waals surface area contributed by atoms with Gasteiger partial charge in [-0.2, -0.15) is 0 Å². The molecule has 0 aliphatic carbocycles. The zero-order valence-corrected chi connectivity index (χ0v) is 23.3. The van der Waals surface area contributed by atoms with Crippen molar-refractivity contribution in [2.45, 2.75) is 51.0 Å². The lowest BCUT2D eigenvalue weighted by Crippen LogP contribution is -2.41. The van der Waals surface area contributed by atoms with Crippen LogP contribution in [0.25, 0.3) is 10.9 Å². The molecular formula is C30H36Cl2N2O4. The van der Waals surface area contributed by atoms with E-state index in [2.05, 4.69) is 9.88 Å². The minimum atomic E-state index is -0.759. The number of hydrogen-bond donors (Lipinski definition) is 2. The number of pyridine rings is 1. The van der Waals surface area contributed by atoms with Crippen molar-refractivity contribution >= 4 is 40.1 Å². The normalized spacial score (nSPS) is 18.9. The highest BCUT2D eigenvalue weighted by atomic mass is 35.5. The Hall–Kier alpha value is -2.38. The molecule has 1 aliphatic rings. The monoisotopic (exact) mass is 558 g/mol. The second-order valence-corrected chi connectivity index (χ2v) is 11.0. The van der Waals surface area contributed by atoms with Gasteiger partial charge >= 0.3 is 5.97 Å². The Morgan fingerprint density at radius 3 is 2.82 bits per heavy atom. The number of aliphatic hydroxyl groups excluding tert-OH is 1. The predicted octanol–water partition coefficient (Wildman–Crippen LogP) is 6.80. The lowest BCUT2D eigenvalue weighted by atomic mass is 9.79. The summed E-state index contributed by atoms with van der Waals surface area (Å²) in [5.74, 6) is 0.309. The van der Waals surface area contributed by atoms with E-state index in [1.54, 1.807) is 19.4 Å². The zero-order chi connectivity index (χ0) is 27.1. The van der Waals surface area contributed by atoms with E-state index in [4.69, 9.17) is 27.9 Å². The first kappa shape index (κ1) is 28.6. The number of aromatic nitrogens is 1. The zero-order valence-electron chi connectivity index (χ0n) is 21.8. The fraction of sp³-hybridized carbons (Fsp3) is 0.467. The molecule has 8 heteroatoms. The third kappa shape index (κ3) is 7.38. The van der Waals surface area contributed by atoms with Crippen molar-refractivity contribution in [2.24, 2.45) is 11.8 Å². The van der Waals surface area contributed by atoms with Crippen LogP contribution < -0.4 is 4.74 Å². The molecule has 2 aromatic carbocycles. The Labute approximate surface area is 234 Å². The van der Waals surface area contributed by atoms with Crippen molar-refractivity contribution in [2.75, 3.05) is 26.7 Å². The van der Waals surface area contributed by atoms with Crippen molar-refractivity contribution in [3.05, 3.63) is 69.8 Å². The summed E-state index contributed by atoms with van der Waals surface area (Å²) in [6.45, 7) is 2.67. The van der Waals surface area contributed by atoms with Gasteiger partial charge in [-0.3, -0.25) is 9.78 Å². The molecular weight excluding hydrogens is 523 g/mol. The van der Waals surface area contributed by atoms with Gasteiger partial charge in [0.1, 0.15) is 5.75 Å². The van der Waals surface area contributed by atoms with E-state index in [1.165, 1.54) is 0 Å². The third-order valence-corrected chi connectivity index (χ3v) is 8.62. The minimum absolute atomic E-state index is 0.0742. The maximum absolute atomic E-state index is 11.7. The van der Waals surface area contributed by atoms with Gasteiger partial charge in [0, 0.05) is 24.5 Å². The van der Waals surface area contributed by atoms with E-state index in [0.717, 1.165) is 79.5 Å². The van der Waals surface area contributed by atoms with Crippen LogP contribution in [0.2, 0.25) is 10.0 Å². The summed E-state index contributed by atoms with van der Waals surface area (Å²) in [5.41, 5.74) is 2.72. The van der Waals surface area contributed by atoms with E-state index in [1.807, 2.05) is 36.4 Å². The number of methoxy groups -OCH3 is 1. The number of hydrogen-bond acceptors (Lipinski definition) is 5. The number of unbranched alkanes of at least 4 members (excludes halogenated alkanes) is 1. The van der Waals surface area contributed by atoms with E-state index < -0.39 is 12.1 Å². The van der Waals surface area contributed by atoms with Crippen molar-refractivity contribution in [3.63, 3.8) is 0 Å². The van der Waals surface area contributed by atoms with Crippen LogP contribution in [-0.2, 0) is 11.2 Å². The van der Waals surface area contributed by atoms with Gasteiger partial charge in [-0.15, -0.1) is 0 Å². The molecule has 2 N–H and O–H groups in total. The average Bonchev–Trinajstić information content (AvgIpc) is 2.91. The van der Waals surface area contributed by atoms with Crippen molar-refractivity contribution < 1.29 is 19.7 Å². The molecule has 0 spiro atoms. The van der Waals surface area contributed by atoms with Gasteiger partial charge in [0.15, 0.2) is 0 Å². The molecule has 1 aliphatic heterocycles. The average molecular weight is 560 g/mol. The van der Waals surface area contributed by atoms with Crippen LogP contribution in [0, 0.1) is 11.8 Å². The number of piperidine rings is 1. The van der Waals surface area contributed by atoms with Crippen LogP contribution in [0.15, 0.2) is 48.7 Å². The molecule has 38 heavy (non-hydrogen) atoms. The lowest BCUT2D eigenvalue weighted by Gasteiger charge is -2.38. The van der Waals surface area contributed by atoms with Crippen molar-refractivity contribution in [1.29, 1.82) is 0 Å². The number of ether oxygens (including phenoxy) is 1. The number of carbonyl (C=O) groups is 1. The maximum Gasteiger partial charge on any atom is 0.303 e. The Kier molecular flexibility index (Phi) is 10.3. The standard InChI is InChI=1S/C30H36Cl2N2O4/c1-38-23-9-10-27-25(18-23)24(12-14-33-27)28(35)11-8-20-13-16-34(19-22(20)17-29(36)37)15-3-2-5-21-6-4-7-26(31)30(21)32/h4,6-7,9-10,12,14,18,20,22,28,35H,2-3,5,8,11,13,15-17,19H2,1H3,(H,36,37)/t20-,22+,28?/m1/s1. The second-order valence-electron chi connectivity index (χ2n) is 10.3. The first-order chi connectivity index (χ1) is 18.4. The molecule has 1 aromatic heterocycles. The van der Waals surface area contributed by atoms with Gasteiger partial charge in [-0.25, -0.2) is 0 Å². The lowest BCUT2D eigenvalue weighted by molar-refractivity contribution is -0.139. The minimum Gasteiger partial charge on any atom is -0.497 e. The molecule has 2 heterocycles. The van der Waals surface area contributed by atoms with Gasteiger partial charge in [-0.1, -0.05) is 35.3 Å². The molecule has 3 aromatic rings. The molecule has 0 saturated carbocycles. The van der Waals surface area contributed by atoms with Crippen LogP contribution in [0.1, 0.15) is 55.8 Å². The molecule has 0 bridgehead atoms. The summed E-state index contributed by atoms with van der Waals surface area (Å²) < 4.78 is 5.36. The maximum atomic E-state index is 11.7. The van der Waals surface area contributed by atoms with Gasteiger partial charge in [0.2, 0.25) is 0 Å². The Morgan fingerprint density at radius 2 is 2.03 bits per heavy atom. The van der Waals surface area contributed by atoms with Crippen LogP contribution >= 0.6 is 23.2 Å². The molecule has 1 saturated heterocycles. The molecule has 4 rings (SSSR count). The Morgan fingerprint density at radius 1 is 1.18 bits per heavy atom. The quantitative estimate of drug-likeness (QED) is 0.238. The van der Waals surface area contributed by atoms with E-state index in [-0.39, 0.29) is 18.3 Å².